The van der Waals surface area contributed by atoms with Crippen molar-refractivity contribution in [1.29, 1.82) is 0 Å². The van der Waals surface area contributed by atoms with E-state index in [2.05, 4.69) is 15.0 Å². The first kappa shape index (κ1) is 19.0. The van der Waals surface area contributed by atoms with Gasteiger partial charge in [-0.05, 0) is 56.7 Å². The molecule has 1 aromatic heterocycles. The maximum absolute atomic E-state index is 13.0. The molecule has 28 heavy (non-hydrogen) atoms. The lowest BCUT2D eigenvalue weighted by molar-refractivity contribution is -0.137. The number of benzene rings is 1. The SMILES string of the molecule is CC(C)n1nc(N2CC3CCC(C2)C3N)nc1Oc1cccc(C(F)(F)F)c1. The number of ether oxygens (including phenoxy) is 1. The quantitative estimate of drug-likeness (QED) is 0.852. The highest BCUT2D eigenvalue weighted by atomic mass is 19.4. The van der Waals surface area contributed by atoms with Gasteiger partial charge in [-0.2, -0.15) is 18.2 Å². The van der Waals surface area contributed by atoms with E-state index in [-0.39, 0.29) is 23.8 Å². The van der Waals surface area contributed by atoms with Crippen molar-refractivity contribution in [3.63, 3.8) is 0 Å². The van der Waals surface area contributed by atoms with Gasteiger partial charge in [-0.25, -0.2) is 4.68 Å². The molecule has 1 aromatic carbocycles. The molecular formula is C19H24F3N5O. The molecule has 152 valence electrons. The molecule has 2 atom stereocenters. The van der Waals surface area contributed by atoms with Crippen LogP contribution in [0.2, 0.25) is 0 Å². The summed E-state index contributed by atoms with van der Waals surface area (Å²) in [5, 5.41) is 4.57. The Bertz CT molecular complexity index is 836. The number of nitrogens with two attached hydrogens (primary N) is 1. The Morgan fingerprint density at radius 2 is 1.86 bits per heavy atom. The molecule has 1 saturated heterocycles. The average molecular weight is 395 g/mol. The van der Waals surface area contributed by atoms with Crippen molar-refractivity contribution in [2.75, 3.05) is 18.0 Å². The lowest BCUT2D eigenvalue weighted by Crippen LogP contribution is -2.49. The van der Waals surface area contributed by atoms with Gasteiger partial charge in [0.1, 0.15) is 5.75 Å². The Morgan fingerprint density at radius 3 is 2.46 bits per heavy atom. The van der Waals surface area contributed by atoms with Crippen molar-refractivity contribution >= 4 is 5.95 Å². The molecule has 4 rings (SSSR count). The molecular weight excluding hydrogens is 371 g/mol. The predicted molar refractivity (Wildman–Crippen MR) is 98.3 cm³/mol. The van der Waals surface area contributed by atoms with Gasteiger partial charge in [0.25, 0.3) is 0 Å². The normalized spacial score (nSPS) is 24.8. The topological polar surface area (TPSA) is 69.2 Å². The molecule has 2 fully saturated rings. The molecule has 1 saturated carbocycles. The summed E-state index contributed by atoms with van der Waals surface area (Å²) in [5.41, 5.74) is 5.51. The van der Waals surface area contributed by atoms with Crippen molar-refractivity contribution in [2.24, 2.45) is 17.6 Å². The maximum Gasteiger partial charge on any atom is 0.416 e. The van der Waals surface area contributed by atoms with E-state index < -0.39 is 11.7 Å². The van der Waals surface area contributed by atoms with Gasteiger partial charge in [-0.3, -0.25) is 0 Å². The molecule has 9 heteroatoms. The third-order valence-corrected chi connectivity index (χ3v) is 5.64. The summed E-state index contributed by atoms with van der Waals surface area (Å²) >= 11 is 0. The first-order valence-electron chi connectivity index (χ1n) is 9.54. The standard InChI is InChI=1S/C19H24F3N5O/c1-11(2)27-18(28-15-5-3-4-14(8-15)19(20,21)22)24-17(25-27)26-9-12-6-7-13(10-26)16(12)23/h3-5,8,11-13,16H,6-7,9-10,23H2,1-2H3. The van der Waals surface area contributed by atoms with Crippen LogP contribution in [0, 0.1) is 11.8 Å². The average Bonchev–Trinajstić information content (AvgIpc) is 3.11. The lowest BCUT2D eigenvalue weighted by atomic mass is 9.93. The Hall–Kier alpha value is -2.29. The number of hydrogen-bond acceptors (Lipinski definition) is 5. The molecule has 6 nitrogen and oxygen atoms in total. The highest BCUT2D eigenvalue weighted by Gasteiger charge is 2.41. The minimum atomic E-state index is -4.43. The van der Waals surface area contributed by atoms with Crippen molar-refractivity contribution in [2.45, 2.75) is 44.9 Å². The zero-order valence-corrected chi connectivity index (χ0v) is 15.9. The van der Waals surface area contributed by atoms with Gasteiger partial charge in [0.15, 0.2) is 0 Å². The number of nitrogens with zero attached hydrogens (tertiary/aromatic N) is 4. The molecule has 2 N–H and O–H groups in total. The van der Waals surface area contributed by atoms with Gasteiger partial charge in [-0.1, -0.05) is 6.07 Å². The van der Waals surface area contributed by atoms with E-state index in [1.807, 2.05) is 13.8 Å². The van der Waals surface area contributed by atoms with Gasteiger partial charge in [-0.15, -0.1) is 5.10 Å². The van der Waals surface area contributed by atoms with Gasteiger partial charge in [0.2, 0.25) is 5.95 Å². The lowest BCUT2D eigenvalue weighted by Gasteiger charge is -2.35. The highest BCUT2D eigenvalue weighted by molar-refractivity contribution is 5.36. The summed E-state index contributed by atoms with van der Waals surface area (Å²) in [4.78, 5) is 6.61. The first-order valence-corrected chi connectivity index (χ1v) is 9.54. The molecule has 2 aliphatic rings. The molecule has 2 bridgehead atoms. The zero-order chi connectivity index (χ0) is 20.1. The van der Waals surface area contributed by atoms with Crippen LogP contribution in [0.15, 0.2) is 24.3 Å². The van der Waals surface area contributed by atoms with E-state index in [9.17, 15) is 13.2 Å². The molecule has 1 aliphatic carbocycles. The number of rotatable bonds is 4. The van der Waals surface area contributed by atoms with E-state index >= 15 is 0 Å². The van der Waals surface area contributed by atoms with Crippen LogP contribution in [0.3, 0.4) is 0 Å². The molecule has 1 aliphatic heterocycles. The van der Waals surface area contributed by atoms with E-state index in [0.717, 1.165) is 38.1 Å². The third-order valence-electron chi connectivity index (χ3n) is 5.64. The monoisotopic (exact) mass is 395 g/mol. The number of fused-ring (bicyclic) bond motifs is 2. The second-order valence-corrected chi connectivity index (χ2v) is 7.94. The Labute approximate surface area is 161 Å². The summed E-state index contributed by atoms with van der Waals surface area (Å²) in [6, 6.07) is 5.14. The van der Waals surface area contributed by atoms with Crippen LogP contribution in [0.1, 0.15) is 38.3 Å². The molecule has 0 amide bonds. The second kappa shape index (κ2) is 6.95. The highest BCUT2D eigenvalue weighted by Crippen LogP contribution is 2.38. The Balaban J connectivity index is 1.60. The van der Waals surface area contributed by atoms with Crippen LogP contribution in [0.4, 0.5) is 19.1 Å². The summed E-state index contributed by atoms with van der Waals surface area (Å²) in [6.45, 7) is 5.44. The Morgan fingerprint density at radius 1 is 1.18 bits per heavy atom. The first-order chi connectivity index (χ1) is 13.2. The van der Waals surface area contributed by atoms with Crippen molar-refractivity contribution in [1.82, 2.24) is 14.8 Å². The molecule has 0 radical (unpaired) electrons. The number of aromatic nitrogens is 3. The Kier molecular flexibility index (Phi) is 4.73. The number of piperidine rings is 1. The third kappa shape index (κ3) is 3.55. The summed E-state index contributed by atoms with van der Waals surface area (Å²) in [7, 11) is 0. The largest absolute Gasteiger partial charge is 0.424 e. The van der Waals surface area contributed by atoms with Crippen LogP contribution in [-0.2, 0) is 6.18 Å². The molecule has 2 heterocycles. The number of anilines is 1. The fraction of sp³-hybridized carbons (Fsp3) is 0.579. The minimum absolute atomic E-state index is 0.0502. The molecule has 2 unspecified atom stereocenters. The van der Waals surface area contributed by atoms with Gasteiger partial charge in [0.05, 0.1) is 11.6 Å². The van der Waals surface area contributed by atoms with Gasteiger partial charge >= 0.3 is 12.2 Å². The summed E-state index contributed by atoms with van der Waals surface area (Å²) in [5.74, 6) is 1.48. The summed E-state index contributed by atoms with van der Waals surface area (Å²) in [6.07, 6.45) is -2.20. The van der Waals surface area contributed by atoms with E-state index in [4.69, 9.17) is 10.5 Å². The van der Waals surface area contributed by atoms with Crippen LogP contribution in [-0.4, -0.2) is 33.9 Å². The number of alkyl halides is 3. The fourth-order valence-electron chi connectivity index (χ4n) is 4.11. The summed E-state index contributed by atoms with van der Waals surface area (Å²) < 4.78 is 46.2. The van der Waals surface area contributed by atoms with Crippen LogP contribution >= 0.6 is 0 Å². The van der Waals surface area contributed by atoms with Crippen LogP contribution < -0.4 is 15.4 Å². The number of halogens is 3. The smallest absolute Gasteiger partial charge is 0.416 e. The molecule has 0 spiro atoms. The van der Waals surface area contributed by atoms with Crippen LogP contribution in [0.5, 0.6) is 11.8 Å². The fourth-order valence-corrected chi connectivity index (χ4v) is 4.11. The van der Waals surface area contributed by atoms with Crippen molar-refractivity contribution in [3.8, 4) is 11.8 Å². The van der Waals surface area contributed by atoms with Crippen molar-refractivity contribution in [3.05, 3.63) is 29.8 Å². The van der Waals surface area contributed by atoms with Gasteiger partial charge in [0, 0.05) is 19.1 Å². The van der Waals surface area contributed by atoms with Gasteiger partial charge < -0.3 is 15.4 Å². The van der Waals surface area contributed by atoms with E-state index in [1.165, 1.54) is 12.1 Å². The number of hydrogen-bond donors (Lipinski definition) is 1. The second-order valence-electron chi connectivity index (χ2n) is 7.94. The van der Waals surface area contributed by atoms with Crippen LogP contribution in [0.25, 0.3) is 0 Å². The zero-order valence-electron chi connectivity index (χ0n) is 15.9. The van der Waals surface area contributed by atoms with Crippen molar-refractivity contribution < 1.29 is 17.9 Å². The van der Waals surface area contributed by atoms with E-state index in [0.29, 0.717) is 17.8 Å². The molecule has 2 aromatic rings. The maximum atomic E-state index is 13.0. The minimum Gasteiger partial charge on any atom is -0.424 e. The van der Waals surface area contributed by atoms with E-state index in [1.54, 1.807) is 4.68 Å². The predicted octanol–water partition coefficient (Wildman–Crippen LogP) is 3.84.